The Bertz CT molecular complexity index is 339. The Balaban J connectivity index is 2.05. The predicted molar refractivity (Wildman–Crippen MR) is 57.7 cm³/mol. The average Bonchev–Trinajstić information content (AvgIpc) is 2.78. The summed E-state index contributed by atoms with van der Waals surface area (Å²) in [6, 6.07) is 1.81. The van der Waals surface area contributed by atoms with Gasteiger partial charge in [-0.1, -0.05) is 0 Å². The van der Waals surface area contributed by atoms with Crippen LogP contribution in [0.25, 0.3) is 0 Å². The van der Waals surface area contributed by atoms with Crippen molar-refractivity contribution in [2.75, 3.05) is 13.1 Å². The Morgan fingerprint density at radius 2 is 2.13 bits per heavy atom. The first-order valence-electron chi connectivity index (χ1n) is 5.64. The summed E-state index contributed by atoms with van der Waals surface area (Å²) in [7, 11) is 0. The number of carbonyl (C=O) groups is 1. The number of piperidine rings is 1. The number of amides is 1. The number of aromatic nitrogens is 2. The molecular formula is C11H17N3O. The summed E-state index contributed by atoms with van der Waals surface area (Å²) in [5.41, 5.74) is 0.582. The second kappa shape index (κ2) is 4.47. The highest BCUT2D eigenvalue weighted by molar-refractivity contribution is 5.92. The van der Waals surface area contributed by atoms with Crippen molar-refractivity contribution in [3.05, 3.63) is 18.0 Å². The molecule has 1 fully saturated rings. The van der Waals surface area contributed by atoms with Crippen LogP contribution in [-0.2, 0) is 6.54 Å². The molecule has 0 spiro atoms. The molecule has 1 saturated heterocycles. The SMILES string of the molecule is CCn1ccc(C(=O)N2CCCCC2)n1. The Kier molecular flexibility index (Phi) is 3.04. The van der Waals surface area contributed by atoms with Crippen molar-refractivity contribution in [1.29, 1.82) is 0 Å². The fraction of sp³-hybridized carbons (Fsp3) is 0.636. The van der Waals surface area contributed by atoms with E-state index in [-0.39, 0.29) is 5.91 Å². The number of hydrogen-bond acceptors (Lipinski definition) is 2. The Morgan fingerprint density at radius 1 is 1.40 bits per heavy atom. The van der Waals surface area contributed by atoms with E-state index >= 15 is 0 Å². The lowest BCUT2D eigenvalue weighted by Gasteiger charge is -2.25. The van der Waals surface area contributed by atoms with Crippen molar-refractivity contribution in [3.8, 4) is 0 Å². The maximum absolute atomic E-state index is 12.0. The molecule has 1 aliphatic rings. The third-order valence-corrected chi connectivity index (χ3v) is 2.83. The maximum Gasteiger partial charge on any atom is 0.274 e. The van der Waals surface area contributed by atoms with E-state index < -0.39 is 0 Å². The van der Waals surface area contributed by atoms with Crippen LogP contribution < -0.4 is 0 Å². The number of hydrogen-bond donors (Lipinski definition) is 0. The molecule has 0 unspecified atom stereocenters. The molecule has 1 aromatic rings. The fourth-order valence-corrected chi connectivity index (χ4v) is 1.91. The van der Waals surface area contributed by atoms with Gasteiger partial charge >= 0.3 is 0 Å². The molecular weight excluding hydrogens is 190 g/mol. The number of carbonyl (C=O) groups excluding carboxylic acids is 1. The smallest absolute Gasteiger partial charge is 0.274 e. The summed E-state index contributed by atoms with van der Waals surface area (Å²) in [5, 5.41) is 4.23. The molecule has 82 valence electrons. The number of likely N-dealkylation sites (tertiary alicyclic amines) is 1. The van der Waals surface area contributed by atoms with Crippen LogP contribution in [0.3, 0.4) is 0 Å². The van der Waals surface area contributed by atoms with Crippen LogP contribution in [0.5, 0.6) is 0 Å². The van der Waals surface area contributed by atoms with Crippen molar-refractivity contribution in [3.63, 3.8) is 0 Å². The monoisotopic (exact) mass is 207 g/mol. The number of rotatable bonds is 2. The van der Waals surface area contributed by atoms with Crippen LogP contribution in [0, 0.1) is 0 Å². The van der Waals surface area contributed by atoms with Gasteiger partial charge in [-0.2, -0.15) is 5.10 Å². The highest BCUT2D eigenvalue weighted by Crippen LogP contribution is 2.11. The molecule has 4 heteroatoms. The minimum absolute atomic E-state index is 0.0851. The lowest BCUT2D eigenvalue weighted by molar-refractivity contribution is 0.0717. The predicted octanol–water partition coefficient (Wildman–Crippen LogP) is 1.53. The van der Waals surface area contributed by atoms with E-state index in [2.05, 4.69) is 5.10 Å². The van der Waals surface area contributed by atoms with Crippen LogP contribution in [0.15, 0.2) is 12.3 Å². The molecule has 0 aliphatic carbocycles. The topological polar surface area (TPSA) is 38.1 Å². The lowest BCUT2D eigenvalue weighted by Crippen LogP contribution is -2.35. The van der Waals surface area contributed by atoms with Gasteiger partial charge < -0.3 is 4.90 Å². The average molecular weight is 207 g/mol. The first kappa shape index (κ1) is 10.2. The normalized spacial score (nSPS) is 16.7. The summed E-state index contributed by atoms with van der Waals surface area (Å²) in [5.74, 6) is 0.0851. The van der Waals surface area contributed by atoms with Crippen LogP contribution in [0.1, 0.15) is 36.7 Å². The minimum atomic E-state index is 0.0851. The highest BCUT2D eigenvalue weighted by Gasteiger charge is 2.19. The quantitative estimate of drug-likeness (QED) is 0.737. The van der Waals surface area contributed by atoms with Gasteiger partial charge in [0.25, 0.3) is 5.91 Å². The third-order valence-electron chi connectivity index (χ3n) is 2.83. The van der Waals surface area contributed by atoms with Gasteiger partial charge in [-0.25, -0.2) is 0 Å². The zero-order chi connectivity index (χ0) is 10.7. The van der Waals surface area contributed by atoms with Crippen LogP contribution in [0.4, 0.5) is 0 Å². The molecule has 2 rings (SSSR count). The molecule has 0 atom stereocenters. The van der Waals surface area contributed by atoms with E-state index in [1.54, 1.807) is 10.7 Å². The summed E-state index contributed by atoms with van der Waals surface area (Å²) in [4.78, 5) is 13.9. The first-order valence-corrected chi connectivity index (χ1v) is 5.64. The summed E-state index contributed by atoms with van der Waals surface area (Å²) < 4.78 is 1.79. The van der Waals surface area contributed by atoms with Gasteiger partial charge in [-0.05, 0) is 32.3 Å². The van der Waals surface area contributed by atoms with Crippen LogP contribution in [0.2, 0.25) is 0 Å². The van der Waals surface area contributed by atoms with Gasteiger partial charge in [0, 0.05) is 25.8 Å². The van der Waals surface area contributed by atoms with Crippen molar-refractivity contribution >= 4 is 5.91 Å². The second-order valence-electron chi connectivity index (χ2n) is 3.91. The standard InChI is InChI=1S/C11H17N3O/c1-2-14-9-6-10(12-14)11(15)13-7-4-3-5-8-13/h6,9H,2-5,7-8H2,1H3. The van der Waals surface area contributed by atoms with E-state index in [0.717, 1.165) is 32.5 Å². The van der Waals surface area contributed by atoms with Gasteiger partial charge in [0.15, 0.2) is 0 Å². The molecule has 0 aromatic carbocycles. The lowest BCUT2D eigenvalue weighted by atomic mass is 10.1. The number of nitrogens with zero attached hydrogens (tertiary/aromatic N) is 3. The van der Waals surface area contributed by atoms with Crippen molar-refractivity contribution in [2.45, 2.75) is 32.7 Å². The molecule has 0 N–H and O–H groups in total. The van der Waals surface area contributed by atoms with Crippen molar-refractivity contribution in [1.82, 2.24) is 14.7 Å². The molecule has 1 aromatic heterocycles. The van der Waals surface area contributed by atoms with Gasteiger partial charge in [-0.3, -0.25) is 9.48 Å². The largest absolute Gasteiger partial charge is 0.337 e. The van der Waals surface area contributed by atoms with E-state index in [1.807, 2.05) is 18.0 Å². The molecule has 15 heavy (non-hydrogen) atoms. The molecule has 0 radical (unpaired) electrons. The summed E-state index contributed by atoms with van der Waals surface area (Å²) in [6.07, 6.45) is 5.35. The Hall–Kier alpha value is -1.32. The summed E-state index contributed by atoms with van der Waals surface area (Å²) in [6.45, 7) is 4.60. The van der Waals surface area contributed by atoms with Crippen LogP contribution >= 0.6 is 0 Å². The van der Waals surface area contributed by atoms with Gasteiger partial charge in [-0.15, -0.1) is 0 Å². The molecule has 2 heterocycles. The highest BCUT2D eigenvalue weighted by atomic mass is 16.2. The molecule has 4 nitrogen and oxygen atoms in total. The van der Waals surface area contributed by atoms with Gasteiger partial charge in [0.2, 0.25) is 0 Å². The first-order chi connectivity index (χ1) is 7.31. The molecule has 1 amide bonds. The molecule has 0 bridgehead atoms. The summed E-state index contributed by atoms with van der Waals surface area (Å²) >= 11 is 0. The van der Waals surface area contributed by atoms with Crippen molar-refractivity contribution in [2.24, 2.45) is 0 Å². The van der Waals surface area contributed by atoms with E-state index in [0.29, 0.717) is 5.69 Å². The van der Waals surface area contributed by atoms with E-state index in [1.165, 1.54) is 6.42 Å². The fourth-order valence-electron chi connectivity index (χ4n) is 1.91. The minimum Gasteiger partial charge on any atom is -0.337 e. The number of aryl methyl sites for hydroxylation is 1. The zero-order valence-corrected chi connectivity index (χ0v) is 9.15. The second-order valence-corrected chi connectivity index (χ2v) is 3.91. The Morgan fingerprint density at radius 3 is 2.73 bits per heavy atom. The van der Waals surface area contributed by atoms with Gasteiger partial charge in [0.1, 0.15) is 5.69 Å². The third kappa shape index (κ3) is 2.19. The van der Waals surface area contributed by atoms with Crippen LogP contribution in [-0.4, -0.2) is 33.7 Å². The van der Waals surface area contributed by atoms with Gasteiger partial charge in [0.05, 0.1) is 0 Å². The molecule has 0 saturated carbocycles. The van der Waals surface area contributed by atoms with E-state index in [9.17, 15) is 4.79 Å². The maximum atomic E-state index is 12.0. The van der Waals surface area contributed by atoms with Crippen molar-refractivity contribution < 1.29 is 4.79 Å². The van der Waals surface area contributed by atoms with E-state index in [4.69, 9.17) is 0 Å². The Labute approximate surface area is 89.9 Å². The molecule has 1 aliphatic heterocycles. The zero-order valence-electron chi connectivity index (χ0n) is 9.15.